The van der Waals surface area contributed by atoms with E-state index in [1.807, 2.05) is 26.0 Å². The van der Waals surface area contributed by atoms with E-state index in [1.165, 1.54) is 7.11 Å². The molecule has 0 bridgehead atoms. The number of amides is 1. The zero-order valence-electron chi connectivity index (χ0n) is 12.2. The highest BCUT2D eigenvalue weighted by Gasteiger charge is 2.12. The molecule has 0 aliphatic heterocycles. The fourth-order valence-corrected chi connectivity index (χ4v) is 2.45. The second kappa shape index (κ2) is 6.06. The van der Waals surface area contributed by atoms with Gasteiger partial charge >= 0.3 is 0 Å². The van der Waals surface area contributed by atoms with E-state index in [0.29, 0.717) is 22.0 Å². The molecule has 110 valence electrons. The topological polar surface area (TPSA) is 64.3 Å². The molecule has 5 heteroatoms. The van der Waals surface area contributed by atoms with E-state index in [4.69, 9.17) is 22.1 Å². The van der Waals surface area contributed by atoms with Gasteiger partial charge in [0.1, 0.15) is 5.75 Å². The Labute approximate surface area is 128 Å². The summed E-state index contributed by atoms with van der Waals surface area (Å²) in [6.07, 6.45) is 0. The number of carbonyl (C=O) groups excluding carboxylic acids is 1. The fraction of sp³-hybridized carbons (Fsp3) is 0.188. The minimum atomic E-state index is -0.226. The number of nitrogen functional groups attached to an aromatic ring is 1. The van der Waals surface area contributed by atoms with E-state index in [9.17, 15) is 4.79 Å². The highest BCUT2D eigenvalue weighted by Crippen LogP contribution is 2.27. The number of hydrogen-bond donors (Lipinski definition) is 2. The predicted molar refractivity (Wildman–Crippen MR) is 86.3 cm³/mol. The summed E-state index contributed by atoms with van der Waals surface area (Å²) in [5.74, 6) is 0.309. The Kier molecular flexibility index (Phi) is 4.38. The molecule has 0 saturated heterocycles. The summed E-state index contributed by atoms with van der Waals surface area (Å²) in [6, 6.07) is 8.56. The van der Waals surface area contributed by atoms with Crippen LogP contribution in [0.3, 0.4) is 0 Å². The van der Waals surface area contributed by atoms with Crippen molar-refractivity contribution in [2.45, 2.75) is 13.8 Å². The van der Waals surface area contributed by atoms with Gasteiger partial charge in [0.25, 0.3) is 5.91 Å². The standard InChI is InChI=1S/C16H17ClN2O2/c1-9-6-12(18)7-10(2)15(9)19-16(20)11-4-5-14(21-3)13(17)8-11/h4-8H,18H2,1-3H3,(H,19,20). The third-order valence-electron chi connectivity index (χ3n) is 3.21. The Bertz CT molecular complexity index is 676. The number of hydrogen-bond acceptors (Lipinski definition) is 3. The maximum absolute atomic E-state index is 12.3. The number of ether oxygens (including phenoxy) is 1. The Hall–Kier alpha value is -2.20. The minimum Gasteiger partial charge on any atom is -0.495 e. The molecule has 0 radical (unpaired) electrons. The Morgan fingerprint density at radius 1 is 1.19 bits per heavy atom. The molecule has 0 saturated carbocycles. The van der Waals surface area contributed by atoms with Gasteiger partial charge in [-0.1, -0.05) is 11.6 Å². The number of rotatable bonds is 3. The summed E-state index contributed by atoms with van der Waals surface area (Å²) < 4.78 is 5.07. The average molecular weight is 305 g/mol. The van der Waals surface area contributed by atoms with E-state index in [2.05, 4.69) is 5.32 Å². The van der Waals surface area contributed by atoms with Crippen molar-refractivity contribution in [2.24, 2.45) is 0 Å². The monoisotopic (exact) mass is 304 g/mol. The molecule has 2 rings (SSSR count). The number of nitrogens with one attached hydrogen (secondary N) is 1. The van der Waals surface area contributed by atoms with Gasteiger partial charge in [0.2, 0.25) is 0 Å². The molecule has 3 N–H and O–H groups in total. The number of benzene rings is 2. The van der Waals surface area contributed by atoms with E-state index >= 15 is 0 Å². The minimum absolute atomic E-state index is 0.226. The molecule has 0 unspecified atom stereocenters. The van der Waals surface area contributed by atoms with Crippen LogP contribution in [0.25, 0.3) is 0 Å². The Morgan fingerprint density at radius 2 is 1.81 bits per heavy atom. The summed E-state index contributed by atoms with van der Waals surface area (Å²) in [5.41, 5.74) is 9.52. The van der Waals surface area contributed by atoms with E-state index in [-0.39, 0.29) is 5.91 Å². The van der Waals surface area contributed by atoms with Crippen LogP contribution < -0.4 is 15.8 Å². The van der Waals surface area contributed by atoms with Gasteiger partial charge in [-0.25, -0.2) is 0 Å². The molecule has 2 aromatic carbocycles. The van der Waals surface area contributed by atoms with Crippen LogP contribution in [0, 0.1) is 13.8 Å². The lowest BCUT2D eigenvalue weighted by Crippen LogP contribution is -2.14. The molecular weight excluding hydrogens is 288 g/mol. The van der Waals surface area contributed by atoms with Gasteiger partial charge in [-0.2, -0.15) is 0 Å². The van der Waals surface area contributed by atoms with Gasteiger partial charge in [0.05, 0.1) is 12.1 Å². The van der Waals surface area contributed by atoms with Gasteiger partial charge < -0.3 is 15.8 Å². The van der Waals surface area contributed by atoms with Crippen LogP contribution in [-0.4, -0.2) is 13.0 Å². The molecule has 0 fully saturated rings. The first-order valence-electron chi connectivity index (χ1n) is 6.44. The number of halogens is 1. The maximum Gasteiger partial charge on any atom is 0.255 e. The zero-order chi connectivity index (χ0) is 15.6. The summed E-state index contributed by atoms with van der Waals surface area (Å²) >= 11 is 6.04. The molecule has 0 aromatic heterocycles. The number of carbonyl (C=O) groups is 1. The molecule has 0 atom stereocenters. The molecular formula is C16H17ClN2O2. The van der Waals surface area contributed by atoms with Crippen LogP contribution in [-0.2, 0) is 0 Å². The highest BCUT2D eigenvalue weighted by atomic mass is 35.5. The van der Waals surface area contributed by atoms with Gasteiger partial charge in [0.15, 0.2) is 0 Å². The lowest BCUT2D eigenvalue weighted by Gasteiger charge is -2.13. The molecule has 21 heavy (non-hydrogen) atoms. The molecule has 0 heterocycles. The van der Waals surface area contributed by atoms with Gasteiger partial charge in [-0.3, -0.25) is 4.79 Å². The quantitative estimate of drug-likeness (QED) is 0.848. The van der Waals surface area contributed by atoms with Crippen molar-refractivity contribution in [2.75, 3.05) is 18.2 Å². The van der Waals surface area contributed by atoms with Crippen LogP contribution in [0.2, 0.25) is 5.02 Å². The van der Waals surface area contributed by atoms with Gasteiger partial charge in [0, 0.05) is 16.9 Å². The van der Waals surface area contributed by atoms with Gasteiger partial charge in [-0.15, -0.1) is 0 Å². The summed E-state index contributed by atoms with van der Waals surface area (Å²) in [5, 5.41) is 3.29. The first-order chi connectivity index (χ1) is 9.92. The summed E-state index contributed by atoms with van der Waals surface area (Å²) in [6.45, 7) is 3.81. The third kappa shape index (κ3) is 3.28. The van der Waals surface area contributed by atoms with Crippen molar-refractivity contribution in [1.82, 2.24) is 0 Å². The Balaban J connectivity index is 2.28. The average Bonchev–Trinajstić information content (AvgIpc) is 2.42. The number of anilines is 2. The smallest absolute Gasteiger partial charge is 0.255 e. The number of aryl methyl sites for hydroxylation is 2. The van der Waals surface area contributed by atoms with Crippen LogP contribution in [0.4, 0.5) is 11.4 Å². The van der Waals surface area contributed by atoms with Crippen molar-refractivity contribution >= 4 is 28.9 Å². The second-order valence-corrected chi connectivity index (χ2v) is 5.24. The fourth-order valence-electron chi connectivity index (χ4n) is 2.19. The summed E-state index contributed by atoms with van der Waals surface area (Å²) in [4.78, 5) is 12.3. The first-order valence-corrected chi connectivity index (χ1v) is 6.81. The molecule has 1 amide bonds. The number of methoxy groups -OCH3 is 1. The predicted octanol–water partition coefficient (Wildman–Crippen LogP) is 3.80. The normalized spacial score (nSPS) is 10.3. The number of nitrogens with two attached hydrogens (primary N) is 1. The van der Waals surface area contributed by atoms with Crippen LogP contribution in [0.15, 0.2) is 30.3 Å². The maximum atomic E-state index is 12.3. The van der Waals surface area contributed by atoms with Gasteiger partial charge in [-0.05, 0) is 55.3 Å². The lowest BCUT2D eigenvalue weighted by atomic mass is 10.1. The zero-order valence-corrected chi connectivity index (χ0v) is 12.9. The van der Waals surface area contributed by atoms with Crippen molar-refractivity contribution in [3.8, 4) is 5.75 Å². The van der Waals surface area contributed by atoms with Crippen LogP contribution >= 0.6 is 11.6 Å². The lowest BCUT2D eigenvalue weighted by molar-refractivity contribution is 0.102. The molecule has 0 aliphatic carbocycles. The SMILES string of the molecule is COc1ccc(C(=O)Nc2c(C)cc(N)cc2C)cc1Cl. The first kappa shape index (κ1) is 15.2. The Morgan fingerprint density at radius 3 is 2.33 bits per heavy atom. The van der Waals surface area contributed by atoms with E-state index in [0.717, 1.165) is 16.8 Å². The van der Waals surface area contributed by atoms with Crippen molar-refractivity contribution in [3.63, 3.8) is 0 Å². The molecule has 4 nitrogen and oxygen atoms in total. The molecule has 0 aliphatic rings. The largest absolute Gasteiger partial charge is 0.495 e. The van der Waals surface area contributed by atoms with Crippen molar-refractivity contribution in [1.29, 1.82) is 0 Å². The van der Waals surface area contributed by atoms with Crippen LogP contribution in [0.5, 0.6) is 5.75 Å². The molecule has 2 aromatic rings. The van der Waals surface area contributed by atoms with Crippen molar-refractivity contribution < 1.29 is 9.53 Å². The van der Waals surface area contributed by atoms with E-state index in [1.54, 1.807) is 18.2 Å². The molecule has 0 spiro atoms. The van der Waals surface area contributed by atoms with Crippen LogP contribution in [0.1, 0.15) is 21.5 Å². The highest BCUT2D eigenvalue weighted by molar-refractivity contribution is 6.32. The second-order valence-electron chi connectivity index (χ2n) is 4.83. The van der Waals surface area contributed by atoms with Crippen molar-refractivity contribution in [3.05, 3.63) is 52.0 Å². The third-order valence-corrected chi connectivity index (χ3v) is 3.50. The van der Waals surface area contributed by atoms with E-state index < -0.39 is 0 Å². The summed E-state index contributed by atoms with van der Waals surface area (Å²) in [7, 11) is 1.53.